The van der Waals surface area contributed by atoms with Crippen molar-refractivity contribution in [1.82, 2.24) is 0 Å². The van der Waals surface area contributed by atoms with Crippen LogP contribution in [0.15, 0.2) is 27.4 Å². The smallest absolute Gasteiger partial charge is 0.165 e. The van der Waals surface area contributed by atoms with Crippen LogP contribution in [-0.2, 0) is 0 Å². The molecule has 0 spiro atoms. The first kappa shape index (κ1) is 12.7. The topological polar surface area (TPSA) is 20.2 Å². The summed E-state index contributed by atoms with van der Waals surface area (Å²) in [5.41, 5.74) is 0.729. The van der Waals surface area contributed by atoms with E-state index in [1.54, 1.807) is 11.4 Å². The van der Waals surface area contributed by atoms with E-state index in [1.807, 2.05) is 0 Å². The number of hydrogen-bond donors (Lipinski definition) is 1. The predicted octanol–water partition coefficient (Wildman–Crippen LogP) is 4.18. The van der Waals surface area contributed by atoms with Crippen LogP contribution >= 0.6 is 27.3 Å². The summed E-state index contributed by atoms with van der Waals surface area (Å²) < 4.78 is 27.9. The maximum Gasteiger partial charge on any atom is 0.165 e. The first-order chi connectivity index (χ1) is 8.00. The highest BCUT2D eigenvalue weighted by molar-refractivity contribution is 9.11. The summed E-state index contributed by atoms with van der Waals surface area (Å²) in [5.74, 6) is -1.89. The van der Waals surface area contributed by atoms with Gasteiger partial charge in [0.05, 0.1) is 3.79 Å². The molecular formula is C12H9BrF2OS. The molecule has 1 unspecified atom stereocenters. The van der Waals surface area contributed by atoms with Crippen LogP contribution in [0, 0.1) is 18.6 Å². The van der Waals surface area contributed by atoms with Crippen LogP contribution in [0.1, 0.15) is 22.8 Å². The Labute approximate surface area is 110 Å². The van der Waals surface area contributed by atoms with Gasteiger partial charge < -0.3 is 5.11 Å². The Hall–Kier alpha value is -0.780. The number of aliphatic hydroxyl groups is 1. The molecule has 1 aromatic heterocycles. The summed E-state index contributed by atoms with van der Waals surface area (Å²) in [4.78, 5) is 0. The van der Waals surface area contributed by atoms with Gasteiger partial charge in [0.1, 0.15) is 6.10 Å². The molecule has 5 heteroatoms. The quantitative estimate of drug-likeness (QED) is 0.880. The van der Waals surface area contributed by atoms with Crippen LogP contribution in [0.25, 0.3) is 0 Å². The highest BCUT2D eigenvalue weighted by Gasteiger charge is 2.19. The number of hydrogen-bond acceptors (Lipinski definition) is 2. The Morgan fingerprint density at radius 2 is 2.00 bits per heavy atom. The lowest BCUT2D eigenvalue weighted by Crippen LogP contribution is -2.04. The molecule has 17 heavy (non-hydrogen) atoms. The van der Waals surface area contributed by atoms with Gasteiger partial charge in [-0.05, 0) is 45.4 Å². The van der Waals surface area contributed by atoms with Crippen molar-refractivity contribution in [3.05, 3.63) is 55.7 Å². The number of aryl methyl sites for hydroxylation is 1. The molecule has 0 aliphatic heterocycles. The minimum absolute atomic E-state index is 0.0431. The van der Waals surface area contributed by atoms with Crippen LogP contribution in [0.5, 0.6) is 0 Å². The minimum Gasteiger partial charge on any atom is -0.384 e. The number of aliphatic hydroxyl groups excluding tert-OH is 1. The number of thiophene rings is 1. The molecule has 0 aliphatic carbocycles. The number of rotatable bonds is 2. The molecule has 2 aromatic rings. The van der Waals surface area contributed by atoms with E-state index in [-0.39, 0.29) is 11.1 Å². The van der Waals surface area contributed by atoms with E-state index in [2.05, 4.69) is 15.9 Å². The van der Waals surface area contributed by atoms with Crippen molar-refractivity contribution in [2.75, 3.05) is 0 Å². The molecule has 0 saturated carbocycles. The van der Waals surface area contributed by atoms with Crippen LogP contribution in [0.2, 0.25) is 0 Å². The molecule has 0 aliphatic rings. The lowest BCUT2D eigenvalue weighted by Gasteiger charge is -2.11. The molecule has 1 atom stereocenters. The second-order valence-electron chi connectivity index (χ2n) is 3.69. The molecule has 2 rings (SSSR count). The van der Waals surface area contributed by atoms with Gasteiger partial charge in [-0.2, -0.15) is 0 Å². The van der Waals surface area contributed by atoms with Crippen molar-refractivity contribution in [1.29, 1.82) is 0 Å². The van der Waals surface area contributed by atoms with E-state index in [9.17, 15) is 13.9 Å². The van der Waals surface area contributed by atoms with Crippen molar-refractivity contribution in [3.63, 3.8) is 0 Å². The highest BCUT2D eigenvalue weighted by Crippen LogP contribution is 2.31. The predicted molar refractivity (Wildman–Crippen MR) is 67.2 cm³/mol. The standard InChI is InChI=1S/C12H9BrF2OS/c1-6-2-3-8(11(15)10(6)14)12(16)7-4-9(13)17-5-7/h2-5,12,16H,1H3. The molecule has 1 N–H and O–H groups in total. The summed E-state index contributed by atoms with van der Waals surface area (Å²) in [7, 11) is 0. The Morgan fingerprint density at radius 1 is 1.29 bits per heavy atom. The van der Waals surface area contributed by atoms with E-state index in [0.29, 0.717) is 5.56 Å². The Morgan fingerprint density at radius 3 is 2.59 bits per heavy atom. The second kappa shape index (κ2) is 4.84. The summed E-state index contributed by atoms with van der Waals surface area (Å²) in [6.07, 6.45) is -1.15. The molecule has 0 fully saturated rings. The van der Waals surface area contributed by atoms with Gasteiger partial charge in [-0.1, -0.05) is 12.1 Å². The van der Waals surface area contributed by atoms with E-state index in [1.165, 1.54) is 30.4 Å². The van der Waals surface area contributed by atoms with Crippen LogP contribution in [-0.4, -0.2) is 5.11 Å². The van der Waals surface area contributed by atoms with Crippen molar-refractivity contribution < 1.29 is 13.9 Å². The zero-order chi connectivity index (χ0) is 12.6. The van der Waals surface area contributed by atoms with Crippen LogP contribution in [0.3, 0.4) is 0 Å². The Bertz CT molecular complexity index is 553. The van der Waals surface area contributed by atoms with Gasteiger partial charge in [-0.3, -0.25) is 0 Å². The molecule has 90 valence electrons. The van der Waals surface area contributed by atoms with Crippen LogP contribution in [0.4, 0.5) is 8.78 Å². The van der Waals surface area contributed by atoms with Gasteiger partial charge in [-0.15, -0.1) is 11.3 Å². The largest absolute Gasteiger partial charge is 0.384 e. The second-order valence-corrected chi connectivity index (χ2v) is 5.98. The average molecular weight is 319 g/mol. The lowest BCUT2D eigenvalue weighted by atomic mass is 10.0. The van der Waals surface area contributed by atoms with Gasteiger partial charge in [0.15, 0.2) is 11.6 Å². The van der Waals surface area contributed by atoms with E-state index in [0.717, 1.165) is 3.79 Å². The third kappa shape index (κ3) is 2.41. The zero-order valence-corrected chi connectivity index (χ0v) is 11.3. The van der Waals surface area contributed by atoms with Crippen molar-refractivity contribution in [2.45, 2.75) is 13.0 Å². The molecule has 0 bridgehead atoms. The summed E-state index contributed by atoms with van der Waals surface area (Å²) in [6.45, 7) is 1.48. The van der Waals surface area contributed by atoms with Gasteiger partial charge in [-0.25, -0.2) is 8.78 Å². The lowest BCUT2D eigenvalue weighted by molar-refractivity contribution is 0.213. The SMILES string of the molecule is Cc1ccc(C(O)c2csc(Br)c2)c(F)c1F. The molecule has 0 radical (unpaired) electrons. The third-order valence-corrected chi connectivity index (χ3v) is 4.03. The summed E-state index contributed by atoms with van der Waals surface area (Å²) in [6, 6.07) is 4.55. The molecular weight excluding hydrogens is 310 g/mol. The minimum atomic E-state index is -1.15. The first-order valence-corrected chi connectivity index (χ1v) is 6.54. The maximum absolute atomic E-state index is 13.7. The fourth-order valence-corrected chi connectivity index (χ4v) is 2.71. The van der Waals surface area contributed by atoms with E-state index >= 15 is 0 Å². The fourth-order valence-electron chi connectivity index (χ4n) is 1.52. The fraction of sp³-hybridized carbons (Fsp3) is 0.167. The third-order valence-electron chi connectivity index (χ3n) is 2.50. The first-order valence-electron chi connectivity index (χ1n) is 4.87. The molecule has 0 amide bonds. The van der Waals surface area contributed by atoms with Crippen LogP contribution < -0.4 is 0 Å². The van der Waals surface area contributed by atoms with Crippen molar-refractivity contribution >= 4 is 27.3 Å². The molecule has 1 heterocycles. The average Bonchev–Trinajstić information content (AvgIpc) is 2.72. The Balaban J connectivity index is 2.44. The summed E-state index contributed by atoms with van der Waals surface area (Å²) in [5, 5.41) is 11.7. The number of halogens is 3. The number of benzene rings is 1. The van der Waals surface area contributed by atoms with Gasteiger partial charge in [0.2, 0.25) is 0 Å². The van der Waals surface area contributed by atoms with Gasteiger partial charge in [0.25, 0.3) is 0 Å². The monoisotopic (exact) mass is 318 g/mol. The van der Waals surface area contributed by atoms with E-state index < -0.39 is 17.7 Å². The molecule has 0 saturated heterocycles. The summed E-state index contributed by atoms with van der Waals surface area (Å²) >= 11 is 4.64. The normalized spacial score (nSPS) is 12.8. The molecule has 1 aromatic carbocycles. The zero-order valence-electron chi connectivity index (χ0n) is 8.88. The van der Waals surface area contributed by atoms with Gasteiger partial charge >= 0.3 is 0 Å². The highest BCUT2D eigenvalue weighted by atomic mass is 79.9. The van der Waals surface area contributed by atoms with Crippen molar-refractivity contribution in [3.8, 4) is 0 Å². The van der Waals surface area contributed by atoms with E-state index in [4.69, 9.17) is 0 Å². The molecule has 1 nitrogen and oxygen atoms in total. The maximum atomic E-state index is 13.7. The van der Waals surface area contributed by atoms with Crippen molar-refractivity contribution in [2.24, 2.45) is 0 Å². The Kier molecular flexibility index (Phi) is 3.61. The van der Waals surface area contributed by atoms with Gasteiger partial charge in [0, 0.05) is 5.56 Å².